The summed E-state index contributed by atoms with van der Waals surface area (Å²) in [5, 5.41) is 0. The first-order valence-electron chi connectivity index (χ1n) is 6.98. The van der Waals surface area contributed by atoms with Gasteiger partial charge in [-0.3, -0.25) is 0 Å². The van der Waals surface area contributed by atoms with Crippen LogP contribution in [0.3, 0.4) is 0 Å². The van der Waals surface area contributed by atoms with Crippen LogP contribution in [0.5, 0.6) is 5.75 Å². The Morgan fingerprint density at radius 2 is 2.14 bits per heavy atom. The van der Waals surface area contributed by atoms with Crippen molar-refractivity contribution in [1.82, 2.24) is 9.62 Å². The number of nitrogens with two attached hydrogens (primary N) is 1. The summed E-state index contributed by atoms with van der Waals surface area (Å²) in [6.07, 6.45) is 0.809. The van der Waals surface area contributed by atoms with E-state index in [0.29, 0.717) is 11.4 Å². The van der Waals surface area contributed by atoms with Gasteiger partial charge in [-0.2, -0.15) is 0 Å². The van der Waals surface area contributed by atoms with Crippen LogP contribution in [-0.4, -0.2) is 46.6 Å². The highest BCUT2D eigenvalue weighted by atomic mass is 32.2. The molecule has 1 aliphatic rings. The van der Waals surface area contributed by atoms with Crippen molar-refractivity contribution in [3.05, 3.63) is 18.2 Å². The molecule has 7 heteroatoms. The van der Waals surface area contributed by atoms with Crippen LogP contribution < -0.4 is 15.2 Å². The second-order valence-electron chi connectivity index (χ2n) is 5.66. The van der Waals surface area contributed by atoms with Crippen molar-refractivity contribution in [2.24, 2.45) is 5.92 Å². The van der Waals surface area contributed by atoms with E-state index in [1.54, 1.807) is 6.07 Å². The molecule has 3 N–H and O–H groups in total. The van der Waals surface area contributed by atoms with Crippen molar-refractivity contribution < 1.29 is 13.2 Å². The van der Waals surface area contributed by atoms with Gasteiger partial charge in [0.2, 0.25) is 10.0 Å². The first kappa shape index (κ1) is 16.1. The minimum atomic E-state index is -3.56. The van der Waals surface area contributed by atoms with E-state index in [9.17, 15) is 8.42 Å². The molecule has 1 heterocycles. The molecule has 0 bridgehead atoms. The van der Waals surface area contributed by atoms with Crippen molar-refractivity contribution >= 4 is 15.7 Å². The third-order valence-corrected chi connectivity index (χ3v) is 5.42. The zero-order valence-electron chi connectivity index (χ0n) is 12.7. The molecule has 1 aromatic carbocycles. The Bertz CT molecular complexity index is 603. The highest BCUT2D eigenvalue weighted by Gasteiger charge is 2.28. The number of anilines is 1. The summed E-state index contributed by atoms with van der Waals surface area (Å²) in [7, 11) is -0.0492. The maximum absolute atomic E-state index is 12.5. The number of piperidine rings is 1. The highest BCUT2D eigenvalue weighted by molar-refractivity contribution is 7.89. The van der Waals surface area contributed by atoms with Crippen LogP contribution in [0.25, 0.3) is 0 Å². The number of likely N-dealkylation sites (tertiary alicyclic amines) is 1. The predicted molar refractivity (Wildman–Crippen MR) is 82.8 cm³/mol. The molecule has 0 aliphatic carbocycles. The van der Waals surface area contributed by atoms with E-state index in [0.717, 1.165) is 19.5 Å². The van der Waals surface area contributed by atoms with Gasteiger partial charge in [-0.25, -0.2) is 13.1 Å². The molecule has 2 unspecified atom stereocenters. The van der Waals surface area contributed by atoms with E-state index in [-0.39, 0.29) is 16.9 Å². The lowest BCUT2D eigenvalue weighted by molar-refractivity contribution is 0.188. The monoisotopic (exact) mass is 313 g/mol. The van der Waals surface area contributed by atoms with E-state index in [2.05, 4.69) is 16.5 Å². The molecule has 0 radical (unpaired) electrons. The Kier molecular flexibility index (Phi) is 4.75. The molecule has 1 saturated heterocycles. The van der Waals surface area contributed by atoms with Crippen molar-refractivity contribution in [3.8, 4) is 5.75 Å². The predicted octanol–water partition coefficient (Wildman–Crippen LogP) is 0.896. The summed E-state index contributed by atoms with van der Waals surface area (Å²) in [6, 6.07) is 4.46. The minimum Gasteiger partial charge on any atom is -0.495 e. The molecule has 0 amide bonds. The smallest absolute Gasteiger partial charge is 0.240 e. The molecule has 1 fully saturated rings. The van der Waals surface area contributed by atoms with Gasteiger partial charge in [0, 0.05) is 18.7 Å². The molecule has 118 valence electrons. The van der Waals surface area contributed by atoms with E-state index in [1.807, 2.05) is 7.05 Å². The highest BCUT2D eigenvalue weighted by Crippen LogP contribution is 2.25. The Hall–Kier alpha value is -1.31. The number of hydrogen-bond donors (Lipinski definition) is 2. The van der Waals surface area contributed by atoms with Crippen LogP contribution in [0.4, 0.5) is 5.69 Å². The fourth-order valence-corrected chi connectivity index (χ4v) is 4.05. The summed E-state index contributed by atoms with van der Waals surface area (Å²) >= 11 is 0. The molecule has 1 aromatic rings. The van der Waals surface area contributed by atoms with Crippen LogP contribution in [0, 0.1) is 5.92 Å². The summed E-state index contributed by atoms with van der Waals surface area (Å²) in [5.41, 5.74) is 6.14. The maximum Gasteiger partial charge on any atom is 0.240 e. The van der Waals surface area contributed by atoms with E-state index in [1.165, 1.54) is 19.2 Å². The summed E-state index contributed by atoms with van der Waals surface area (Å²) in [5.74, 6) is 0.642. The number of nitrogen functional groups attached to an aromatic ring is 1. The van der Waals surface area contributed by atoms with Gasteiger partial charge in [0.05, 0.1) is 17.7 Å². The molecule has 0 spiro atoms. The quantitative estimate of drug-likeness (QED) is 0.807. The largest absolute Gasteiger partial charge is 0.495 e. The summed E-state index contributed by atoms with van der Waals surface area (Å²) in [6.45, 7) is 3.84. The number of methoxy groups -OCH3 is 1. The molecule has 21 heavy (non-hydrogen) atoms. The maximum atomic E-state index is 12.5. The third-order valence-electron chi connectivity index (χ3n) is 3.93. The zero-order chi connectivity index (χ0) is 15.6. The first-order valence-corrected chi connectivity index (χ1v) is 8.46. The van der Waals surface area contributed by atoms with Crippen LogP contribution in [0.15, 0.2) is 23.1 Å². The van der Waals surface area contributed by atoms with Crippen LogP contribution in [0.2, 0.25) is 0 Å². The molecular weight excluding hydrogens is 290 g/mol. The number of benzene rings is 1. The van der Waals surface area contributed by atoms with Gasteiger partial charge < -0.3 is 15.4 Å². The minimum absolute atomic E-state index is 0.0465. The first-order chi connectivity index (χ1) is 9.83. The average Bonchev–Trinajstić information content (AvgIpc) is 2.42. The van der Waals surface area contributed by atoms with Gasteiger partial charge in [0.15, 0.2) is 0 Å². The molecular formula is C14H23N3O3S. The SMILES string of the molecule is COc1cc(S(=O)(=O)NC2CCN(C)CC2C)ccc1N. The number of hydrogen-bond acceptors (Lipinski definition) is 5. The molecule has 0 saturated carbocycles. The normalized spacial score (nSPS) is 24.0. The van der Waals surface area contributed by atoms with Gasteiger partial charge in [0.25, 0.3) is 0 Å². The Balaban J connectivity index is 2.18. The third kappa shape index (κ3) is 3.66. The van der Waals surface area contributed by atoms with Crippen molar-refractivity contribution in [2.45, 2.75) is 24.3 Å². The Labute approximate surface area is 126 Å². The Morgan fingerprint density at radius 3 is 2.76 bits per heavy atom. The van der Waals surface area contributed by atoms with Gasteiger partial charge in [-0.15, -0.1) is 0 Å². The Morgan fingerprint density at radius 1 is 1.43 bits per heavy atom. The van der Waals surface area contributed by atoms with Crippen LogP contribution >= 0.6 is 0 Å². The van der Waals surface area contributed by atoms with Crippen LogP contribution in [-0.2, 0) is 10.0 Å². The lowest BCUT2D eigenvalue weighted by Gasteiger charge is -2.34. The molecule has 0 aromatic heterocycles. The van der Waals surface area contributed by atoms with E-state index < -0.39 is 10.0 Å². The van der Waals surface area contributed by atoms with Crippen molar-refractivity contribution in [2.75, 3.05) is 33.0 Å². The molecule has 2 rings (SSSR count). The second kappa shape index (κ2) is 6.21. The summed E-state index contributed by atoms with van der Waals surface area (Å²) < 4.78 is 32.9. The average molecular weight is 313 g/mol. The summed E-state index contributed by atoms with van der Waals surface area (Å²) in [4.78, 5) is 2.39. The lowest BCUT2D eigenvalue weighted by Crippen LogP contribution is -2.48. The standard InChI is InChI=1S/C14H23N3O3S/c1-10-9-17(2)7-6-13(10)16-21(18,19)11-4-5-12(15)14(8-11)20-3/h4-5,8,10,13,16H,6-7,9,15H2,1-3H3. The molecule has 2 atom stereocenters. The fourth-order valence-electron chi connectivity index (χ4n) is 2.66. The number of nitrogens with one attached hydrogen (secondary N) is 1. The van der Waals surface area contributed by atoms with Crippen LogP contribution in [0.1, 0.15) is 13.3 Å². The topological polar surface area (TPSA) is 84.7 Å². The van der Waals surface area contributed by atoms with Gasteiger partial charge in [-0.1, -0.05) is 6.92 Å². The van der Waals surface area contributed by atoms with E-state index >= 15 is 0 Å². The lowest BCUT2D eigenvalue weighted by atomic mass is 9.95. The number of nitrogens with zero attached hydrogens (tertiary/aromatic N) is 1. The van der Waals surface area contributed by atoms with Crippen molar-refractivity contribution in [1.29, 1.82) is 0 Å². The molecule has 6 nitrogen and oxygen atoms in total. The second-order valence-corrected chi connectivity index (χ2v) is 7.37. The number of rotatable bonds is 4. The number of sulfonamides is 1. The fraction of sp³-hybridized carbons (Fsp3) is 0.571. The van der Waals surface area contributed by atoms with E-state index in [4.69, 9.17) is 10.5 Å². The van der Waals surface area contributed by atoms with Gasteiger partial charge in [0.1, 0.15) is 5.75 Å². The molecule has 1 aliphatic heterocycles. The van der Waals surface area contributed by atoms with Gasteiger partial charge >= 0.3 is 0 Å². The number of ether oxygens (including phenoxy) is 1. The van der Waals surface area contributed by atoms with Crippen molar-refractivity contribution in [3.63, 3.8) is 0 Å². The zero-order valence-corrected chi connectivity index (χ0v) is 13.5. The van der Waals surface area contributed by atoms with Gasteiger partial charge in [-0.05, 0) is 38.1 Å².